The Morgan fingerprint density at radius 1 is 1.56 bits per heavy atom. The van der Waals surface area contributed by atoms with Crippen LogP contribution in [-0.4, -0.2) is 24.6 Å². The third-order valence-corrected chi connectivity index (χ3v) is 3.79. The van der Waals surface area contributed by atoms with Gasteiger partial charge < -0.3 is 15.1 Å². The van der Waals surface area contributed by atoms with Gasteiger partial charge in [-0.15, -0.1) is 0 Å². The molecule has 2 N–H and O–H groups in total. The van der Waals surface area contributed by atoms with Crippen LogP contribution in [0, 0.1) is 0 Å². The van der Waals surface area contributed by atoms with Crippen LogP contribution in [0.2, 0.25) is 0 Å². The van der Waals surface area contributed by atoms with Crippen molar-refractivity contribution in [2.45, 2.75) is 31.3 Å². The number of hydrogen-bond acceptors (Lipinski definition) is 4. The quantitative estimate of drug-likeness (QED) is 0.867. The molecule has 2 unspecified atom stereocenters. The van der Waals surface area contributed by atoms with E-state index in [-0.39, 0.29) is 0 Å². The second-order valence-corrected chi connectivity index (χ2v) is 4.95. The molecule has 2 atom stereocenters. The third kappa shape index (κ3) is 2.26. The Bertz CT molecular complexity index is 516. The zero-order valence-corrected chi connectivity index (χ0v) is 10.6. The molecule has 0 radical (unpaired) electrons. The largest absolute Gasteiger partial charge is 0.443 e. The van der Waals surface area contributed by atoms with Crippen LogP contribution in [0.3, 0.4) is 0 Å². The minimum atomic E-state index is 0.370. The molecule has 0 bridgehead atoms. The molecule has 1 aliphatic heterocycles. The summed E-state index contributed by atoms with van der Waals surface area (Å²) < 4.78 is 5.37. The normalized spacial score (nSPS) is 21.5. The summed E-state index contributed by atoms with van der Waals surface area (Å²) in [6, 6.07) is 7.27. The fourth-order valence-electron chi connectivity index (χ4n) is 2.75. The van der Waals surface area contributed by atoms with E-state index in [2.05, 4.69) is 27.8 Å². The smallest absolute Gasteiger partial charge is 0.181 e. The van der Waals surface area contributed by atoms with Crippen molar-refractivity contribution < 1.29 is 4.42 Å². The van der Waals surface area contributed by atoms with Gasteiger partial charge >= 0.3 is 0 Å². The van der Waals surface area contributed by atoms with Crippen LogP contribution in [0.4, 0.5) is 0 Å². The highest BCUT2D eigenvalue weighted by molar-refractivity contribution is 5.72. The molecular formula is C14H19N3O. The van der Waals surface area contributed by atoms with E-state index in [4.69, 9.17) is 4.42 Å². The van der Waals surface area contributed by atoms with E-state index < -0.39 is 0 Å². The van der Waals surface area contributed by atoms with E-state index in [1.54, 1.807) is 0 Å². The Kier molecular flexibility index (Phi) is 3.30. The maximum absolute atomic E-state index is 5.37. The predicted octanol–water partition coefficient (Wildman–Crippen LogP) is 2.23. The van der Waals surface area contributed by atoms with Crippen LogP contribution in [0.25, 0.3) is 11.1 Å². The molecule has 1 aromatic heterocycles. The Labute approximate surface area is 107 Å². The van der Waals surface area contributed by atoms with Gasteiger partial charge in [0.25, 0.3) is 0 Å². The van der Waals surface area contributed by atoms with E-state index in [9.17, 15) is 0 Å². The van der Waals surface area contributed by atoms with Crippen LogP contribution in [-0.2, 0) is 0 Å². The van der Waals surface area contributed by atoms with Crippen molar-refractivity contribution in [3.05, 3.63) is 30.2 Å². The topological polar surface area (TPSA) is 50.1 Å². The van der Waals surface area contributed by atoms with Gasteiger partial charge in [0.2, 0.25) is 0 Å². The van der Waals surface area contributed by atoms with E-state index in [1.807, 2.05) is 13.1 Å². The van der Waals surface area contributed by atoms with E-state index in [1.165, 1.54) is 24.8 Å². The summed E-state index contributed by atoms with van der Waals surface area (Å²) in [5, 5.41) is 6.95. The summed E-state index contributed by atoms with van der Waals surface area (Å²) >= 11 is 0. The lowest BCUT2D eigenvalue weighted by Crippen LogP contribution is -2.28. The van der Waals surface area contributed by atoms with Gasteiger partial charge in [-0.1, -0.05) is 6.07 Å². The lowest BCUT2D eigenvalue weighted by molar-refractivity contribution is 0.453. The molecule has 0 saturated carbocycles. The van der Waals surface area contributed by atoms with Gasteiger partial charge in [0.15, 0.2) is 12.0 Å². The number of fused-ring (bicyclic) bond motifs is 1. The van der Waals surface area contributed by atoms with Crippen molar-refractivity contribution in [1.82, 2.24) is 15.6 Å². The highest BCUT2D eigenvalue weighted by atomic mass is 16.3. The van der Waals surface area contributed by atoms with Crippen molar-refractivity contribution in [2.75, 3.05) is 13.6 Å². The molecule has 0 spiro atoms. The SMILES string of the molecule is CNC(CC1CCCN1)c1ccc2ncoc2c1. The zero-order chi connectivity index (χ0) is 12.4. The molecule has 1 saturated heterocycles. The van der Waals surface area contributed by atoms with Crippen molar-refractivity contribution in [3.63, 3.8) is 0 Å². The Morgan fingerprint density at radius 3 is 3.28 bits per heavy atom. The lowest BCUT2D eigenvalue weighted by Gasteiger charge is -2.20. The highest BCUT2D eigenvalue weighted by Gasteiger charge is 2.20. The lowest BCUT2D eigenvalue weighted by atomic mass is 9.98. The monoisotopic (exact) mass is 245 g/mol. The van der Waals surface area contributed by atoms with E-state index >= 15 is 0 Å². The Balaban J connectivity index is 1.80. The van der Waals surface area contributed by atoms with Gasteiger partial charge in [0.05, 0.1) is 0 Å². The first kappa shape index (κ1) is 11.7. The van der Waals surface area contributed by atoms with Gasteiger partial charge in [-0.05, 0) is 50.6 Å². The number of aromatic nitrogens is 1. The summed E-state index contributed by atoms with van der Waals surface area (Å²) in [6.07, 6.45) is 5.20. The number of nitrogens with one attached hydrogen (secondary N) is 2. The molecule has 1 fully saturated rings. The molecular weight excluding hydrogens is 226 g/mol. The zero-order valence-electron chi connectivity index (χ0n) is 10.6. The standard InChI is InChI=1S/C14H19N3O/c1-15-13(8-11-3-2-6-16-11)10-4-5-12-14(7-10)18-9-17-12/h4-5,7,9,11,13,15-16H,2-3,6,8H2,1H3. The van der Waals surface area contributed by atoms with Crippen LogP contribution in [0.1, 0.15) is 30.9 Å². The maximum atomic E-state index is 5.37. The molecule has 96 valence electrons. The first-order chi connectivity index (χ1) is 8.86. The second kappa shape index (κ2) is 5.08. The van der Waals surface area contributed by atoms with Gasteiger partial charge in [0, 0.05) is 12.1 Å². The van der Waals surface area contributed by atoms with Gasteiger partial charge in [-0.25, -0.2) is 4.98 Å². The van der Waals surface area contributed by atoms with Gasteiger partial charge in [0.1, 0.15) is 5.52 Å². The van der Waals surface area contributed by atoms with Crippen LogP contribution in [0.5, 0.6) is 0 Å². The molecule has 1 aromatic carbocycles. The van der Waals surface area contributed by atoms with E-state index in [0.29, 0.717) is 12.1 Å². The number of benzene rings is 1. The summed E-state index contributed by atoms with van der Waals surface area (Å²) in [6.45, 7) is 1.15. The molecule has 3 rings (SSSR count). The minimum Gasteiger partial charge on any atom is -0.443 e. The Hall–Kier alpha value is -1.39. The Morgan fingerprint density at radius 2 is 2.50 bits per heavy atom. The van der Waals surface area contributed by atoms with Crippen molar-refractivity contribution in [3.8, 4) is 0 Å². The van der Waals surface area contributed by atoms with Crippen LogP contribution < -0.4 is 10.6 Å². The van der Waals surface area contributed by atoms with Crippen molar-refractivity contribution in [1.29, 1.82) is 0 Å². The maximum Gasteiger partial charge on any atom is 0.181 e. The van der Waals surface area contributed by atoms with Gasteiger partial charge in [-0.3, -0.25) is 0 Å². The number of oxazole rings is 1. The minimum absolute atomic E-state index is 0.370. The molecule has 2 heterocycles. The first-order valence-electron chi connectivity index (χ1n) is 6.60. The molecule has 18 heavy (non-hydrogen) atoms. The van der Waals surface area contributed by atoms with E-state index in [0.717, 1.165) is 24.1 Å². The molecule has 1 aliphatic rings. The predicted molar refractivity (Wildman–Crippen MR) is 71.5 cm³/mol. The number of hydrogen-bond donors (Lipinski definition) is 2. The second-order valence-electron chi connectivity index (χ2n) is 4.95. The summed E-state index contributed by atoms with van der Waals surface area (Å²) in [7, 11) is 2.02. The first-order valence-corrected chi connectivity index (χ1v) is 6.60. The fraction of sp³-hybridized carbons (Fsp3) is 0.500. The van der Waals surface area contributed by atoms with Crippen molar-refractivity contribution in [2.24, 2.45) is 0 Å². The molecule has 4 heteroatoms. The molecule has 0 aliphatic carbocycles. The third-order valence-electron chi connectivity index (χ3n) is 3.79. The van der Waals surface area contributed by atoms with Crippen LogP contribution >= 0.6 is 0 Å². The highest BCUT2D eigenvalue weighted by Crippen LogP contribution is 2.24. The number of rotatable bonds is 4. The summed E-state index contributed by atoms with van der Waals surface area (Å²) in [4.78, 5) is 4.15. The average molecular weight is 245 g/mol. The summed E-state index contributed by atoms with van der Waals surface area (Å²) in [5.41, 5.74) is 3.06. The summed E-state index contributed by atoms with van der Waals surface area (Å²) in [5.74, 6) is 0. The van der Waals surface area contributed by atoms with Crippen molar-refractivity contribution >= 4 is 11.1 Å². The van der Waals surface area contributed by atoms with Gasteiger partial charge in [-0.2, -0.15) is 0 Å². The molecule has 4 nitrogen and oxygen atoms in total. The molecule has 2 aromatic rings. The average Bonchev–Trinajstić information content (AvgIpc) is 3.06. The van der Waals surface area contributed by atoms with Crippen LogP contribution in [0.15, 0.2) is 29.0 Å². The number of nitrogens with zero attached hydrogens (tertiary/aromatic N) is 1. The fourth-order valence-corrected chi connectivity index (χ4v) is 2.75. The molecule has 0 amide bonds.